The zero-order valence-electron chi connectivity index (χ0n) is 36.9. The minimum atomic E-state index is -0.430. The highest BCUT2D eigenvalue weighted by Crippen LogP contribution is 2.63. The standard InChI is InChI=1S/C64H45NS/c1-63(2)55-23-11-13-25-57(55)64(58-26-14-12-24-56(58)63)54-22-10-9-20-51(54)62-50(21-15-27-59(62)64)46-32-38-60-52(40-46)53-41-49(37-39-61(53)66-60)65(47-33-28-44(29-34-47)42-16-5-3-6-17-42)48-35-30-45(31-36-48)43-18-7-4-8-19-43/h3-41H,1-2H3. The van der Waals surface area contributed by atoms with Crippen LogP contribution in [0.15, 0.2) is 237 Å². The molecule has 0 aliphatic heterocycles. The molecule has 312 valence electrons. The van der Waals surface area contributed by atoms with E-state index in [0.29, 0.717) is 0 Å². The number of rotatable bonds is 6. The highest BCUT2D eigenvalue weighted by Gasteiger charge is 2.53. The molecule has 0 fully saturated rings. The molecule has 66 heavy (non-hydrogen) atoms. The average molecular weight is 860 g/mol. The predicted octanol–water partition coefficient (Wildman–Crippen LogP) is 17.5. The van der Waals surface area contributed by atoms with Crippen molar-refractivity contribution in [2.24, 2.45) is 0 Å². The highest BCUT2D eigenvalue weighted by molar-refractivity contribution is 7.25. The summed E-state index contributed by atoms with van der Waals surface area (Å²) in [6, 6.07) is 88.1. The number of fused-ring (bicyclic) bond motifs is 12. The molecule has 1 heterocycles. The molecule has 2 aliphatic rings. The Balaban J connectivity index is 0.974. The van der Waals surface area contributed by atoms with Crippen molar-refractivity contribution in [1.29, 1.82) is 0 Å². The molecule has 0 amide bonds. The van der Waals surface area contributed by atoms with Crippen molar-refractivity contribution in [2.75, 3.05) is 4.90 Å². The average Bonchev–Trinajstić information content (AvgIpc) is 3.90. The van der Waals surface area contributed by atoms with Gasteiger partial charge >= 0.3 is 0 Å². The Labute approximate surface area is 390 Å². The van der Waals surface area contributed by atoms with E-state index in [1.54, 1.807) is 0 Å². The van der Waals surface area contributed by atoms with Crippen LogP contribution in [0.4, 0.5) is 17.1 Å². The van der Waals surface area contributed by atoms with E-state index in [2.05, 4.69) is 255 Å². The van der Waals surface area contributed by atoms with Crippen LogP contribution in [0, 0.1) is 0 Å². The third-order valence-corrected chi connectivity index (χ3v) is 15.7. The van der Waals surface area contributed by atoms with Gasteiger partial charge in [0.1, 0.15) is 0 Å². The van der Waals surface area contributed by atoms with Crippen molar-refractivity contribution in [2.45, 2.75) is 24.7 Å². The predicted molar refractivity (Wildman–Crippen MR) is 280 cm³/mol. The van der Waals surface area contributed by atoms with Gasteiger partial charge in [0.05, 0.1) is 5.41 Å². The van der Waals surface area contributed by atoms with Crippen molar-refractivity contribution in [3.63, 3.8) is 0 Å². The lowest BCUT2D eigenvalue weighted by Gasteiger charge is -2.46. The van der Waals surface area contributed by atoms with E-state index >= 15 is 0 Å². The molecule has 0 unspecified atom stereocenters. The van der Waals surface area contributed by atoms with Gasteiger partial charge in [0, 0.05) is 42.6 Å². The summed E-state index contributed by atoms with van der Waals surface area (Å²) in [5, 5.41) is 2.55. The lowest BCUT2D eigenvalue weighted by molar-refractivity contribution is 0.563. The maximum Gasteiger partial charge on any atom is 0.0719 e. The van der Waals surface area contributed by atoms with Crippen LogP contribution in [0.25, 0.3) is 64.7 Å². The van der Waals surface area contributed by atoms with Gasteiger partial charge in [-0.15, -0.1) is 11.3 Å². The number of nitrogens with zero attached hydrogens (tertiary/aromatic N) is 1. The molecule has 11 aromatic rings. The molecule has 0 atom stereocenters. The minimum Gasteiger partial charge on any atom is -0.310 e. The fourth-order valence-corrected chi connectivity index (χ4v) is 12.6. The van der Waals surface area contributed by atoms with E-state index in [1.165, 1.54) is 98.1 Å². The summed E-state index contributed by atoms with van der Waals surface area (Å²) in [6.45, 7) is 4.79. The largest absolute Gasteiger partial charge is 0.310 e. The van der Waals surface area contributed by atoms with Crippen LogP contribution in [0.2, 0.25) is 0 Å². The first-order chi connectivity index (χ1) is 32.5. The van der Waals surface area contributed by atoms with Crippen molar-refractivity contribution in [3.8, 4) is 44.5 Å². The van der Waals surface area contributed by atoms with Gasteiger partial charge in [-0.05, 0) is 132 Å². The minimum absolute atomic E-state index is 0.134. The highest BCUT2D eigenvalue weighted by atomic mass is 32.1. The molecule has 2 aliphatic carbocycles. The number of hydrogen-bond acceptors (Lipinski definition) is 2. The van der Waals surface area contributed by atoms with E-state index in [-0.39, 0.29) is 5.41 Å². The first-order valence-electron chi connectivity index (χ1n) is 23.0. The van der Waals surface area contributed by atoms with Crippen LogP contribution in [-0.2, 0) is 10.8 Å². The molecular weight excluding hydrogens is 815 g/mol. The smallest absolute Gasteiger partial charge is 0.0719 e. The Morgan fingerprint density at radius 3 is 1.33 bits per heavy atom. The quantitative estimate of drug-likeness (QED) is 0.161. The molecule has 1 aromatic heterocycles. The van der Waals surface area contributed by atoms with Crippen molar-refractivity contribution in [3.05, 3.63) is 270 Å². The number of benzene rings is 10. The van der Waals surface area contributed by atoms with Crippen molar-refractivity contribution < 1.29 is 0 Å². The third kappa shape index (κ3) is 5.71. The summed E-state index contributed by atoms with van der Waals surface area (Å²) in [6.07, 6.45) is 0. The number of anilines is 3. The molecule has 0 bridgehead atoms. The third-order valence-electron chi connectivity index (χ3n) is 14.6. The zero-order chi connectivity index (χ0) is 44.0. The summed E-state index contributed by atoms with van der Waals surface area (Å²) in [7, 11) is 0. The summed E-state index contributed by atoms with van der Waals surface area (Å²) >= 11 is 1.87. The maximum absolute atomic E-state index is 2.46. The van der Waals surface area contributed by atoms with E-state index in [0.717, 1.165) is 17.1 Å². The van der Waals surface area contributed by atoms with Gasteiger partial charge in [0.25, 0.3) is 0 Å². The van der Waals surface area contributed by atoms with Crippen LogP contribution in [0.1, 0.15) is 47.2 Å². The molecule has 0 saturated carbocycles. The van der Waals surface area contributed by atoms with Crippen LogP contribution in [0.3, 0.4) is 0 Å². The number of hydrogen-bond donors (Lipinski definition) is 0. The lowest BCUT2D eigenvalue weighted by Crippen LogP contribution is -2.40. The molecule has 0 radical (unpaired) electrons. The van der Waals surface area contributed by atoms with E-state index in [4.69, 9.17) is 0 Å². The fraction of sp³-hybridized carbons (Fsp3) is 0.0625. The van der Waals surface area contributed by atoms with Gasteiger partial charge in [-0.3, -0.25) is 0 Å². The summed E-state index contributed by atoms with van der Waals surface area (Å²) in [4.78, 5) is 2.40. The normalized spacial score (nSPS) is 13.8. The maximum atomic E-state index is 2.46. The van der Waals surface area contributed by atoms with Crippen LogP contribution in [-0.4, -0.2) is 0 Å². The fourth-order valence-electron chi connectivity index (χ4n) is 11.5. The van der Waals surface area contributed by atoms with Crippen LogP contribution < -0.4 is 4.90 Å². The van der Waals surface area contributed by atoms with Crippen LogP contribution >= 0.6 is 11.3 Å². The molecule has 1 nitrogen and oxygen atoms in total. The van der Waals surface area contributed by atoms with Crippen molar-refractivity contribution >= 4 is 48.6 Å². The molecule has 0 N–H and O–H groups in total. The second-order valence-electron chi connectivity index (χ2n) is 18.4. The SMILES string of the molecule is CC1(C)c2ccccc2C2(c3ccccc3-c3c(-c4ccc5sc6ccc(N(c7ccc(-c8ccccc8)cc7)c7ccc(-c8ccccc8)cc7)cc6c5c4)cccc32)c2ccccc21. The first-order valence-corrected chi connectivity index (χ1v) is 23.8. The Hall–Kier alpha value is -7.78. The van der Waals surface area contributed by atoms with E-state index in [9.17, 15) is 0 Å². The zero-order valence-corrected chi connectivity index (χ0v) is 37.7. The van der Waals surface area contributed by atoms with Crippen LogP contribution in [0.5, 0.6) is 0 Å². The second kappa shape index (κ2) is 14.9. The Morgan fingerprint density at radius 2 is 0.742 bits per heavy atom. The number of thiophene rings is 1. The lowest BCUT2D eigenvalue weighted by atomic mass is 9.55. The van der Waals surface area contributed by atoms with E-state index < -0.39 is 5.41 Å². The topological polar surface area (TPSA) is 3.24 Å². The van der Waals surface area contributed by atoms with Crippen molar-refractivity contribution in [1.82, 2.24) is 0 Å². The molecule has 2 heteroatoms. The second-order valence-corrected chi connectivity index (χ2v) is 19.5. The van der Waals surface area contributed by atoms with E-state index in [1.807, 2.05) is 11.3 Å². The van der Waals surface area contributed by atoms with Gasteiger partial charge < -0.3 is 4.90 Å². The Morgan fingerprint density at radius 1 is 0.318 bits per heavy atom. The summed E-state index contributed by atoms with van der Waals surface area (Å²) < 4.78 is 2.57. The molecule has 13 rings (SSSR count). The van der Waals surface area contributed by atoms with Gasteiger partial charge in [-0.2, -0.15) is 0 Å². The van der Waals surface area contributed by atoms with Gasteiger partial charge in [0.15, 0.2) is 0 Å². The first kappa shape index (κ1) is 38.7. The monoisotopic (exact) mass is 859 g/mol. The molecule has 1 spiro atoms. The molecular formula is C64H45NS. The van der Waals surface area contributed by atoms with Gasteiger partial charge in [-0.1, -0.05) is 196 Å². The van der Waals surface area contributed by atoms with Gasteiger partial charge in [0.2, 0.25) is 0 Å². The van der Waals surface area contributed by atoms with Gasteiger partial charge in [-0.25, -0.2) is 0 Å². The molecule has 0 saturated heterocycles. The summed E-state index contributed by atoms with van der Waals surface area (Å²) in [5.41, 5.74) is 21.1. The Kier molecular flexibility index (Phi) is 8.72. The summed E-state index contributed by atoms with van der Waals surface area (Å²) in [5.74, 6) is 0. The molecule has 10 aromatic carbocycles. The Bertz CT molecular complexity index is 3520.